The summed E-state index contributed by atoms with van der Waals surface area (Å²) in [5.41, 5.74) is 0.719. The van der Waals surface area contributed by atoms with E-state index in [1.165, 1.54) is 31.2 Å². The Morgan fingerprint density at radius 3 is 2.33 bits per heavy atom. The van der Waals surface area contributed by atoms with Crippen LogP contribution in [0.15, 0.2) is 48.5 Å². The fourth-order valence-corrected chi connectivity index (χ4v) is 2.36. The number of carbonyl (C=O) groups excluding carboxylic acids is 2. The quantitative estimate of drug-likeness (QED) is 0.447. The Morgan fingerprint density at radius 1 is 1.10 bits per heavy atom. The largest absolute Gasteiger partial charge is 0.451 e. The molecule has 2 rings (SSSR count). The van der Waals surface area contributed by atoms with E-state index in [4.69, 9.17) is 4.74 Å². The van der Waals surface area contributed by atoms with Gasteiger partial charge >= 0.3 is 5.97 Å². The number of ketones is 1. The van der Waals surface area contributed by atoms with Crippen molar-refractivity contribution in [2.45, 2.75) is 13.0 Å². The summed E-state index contributed by atoms with van der Waals surface area (Å²) in [6.45, 7) is 1.50. The highest BCUT2D eigenvalue weighted by atomic mass is 127. The lowest BCUT2D eigenvalue weighted by atomic mass is 10.1. The molecule has 3 nitrogen and oxygen atoms in total. The summed E-state index contributed by atoms with van der Waals surface area (Å²) in [6, 6.07) is 12.1. The third-order valence-corrected chi connectivity index (χ3v) is 3.82. The summed E-state index contributed by atoms with van der Waals surface area (Å²) in [7, 11) is 0. The maximum Gasteiger partial charge on any atom is 0.339 e. The zero-order chi connectivity index (χ0) is 15.4. The number of halogens is 2. The van der Waals surface area contributed by atoms with Crippen LogP contribution >= 0.6 is 22.6 Å². The molecule has 0 radical (unpaired) electrons. The van der Waals surface area contributed by atoms with Gasteiger partial charge in [-0.3, -0.25) is 4.79 Å². The fourth-order valence-electron chi connectivity index (χ4n) is 1.75. The molecule has 0 fully saturated rings. The maximum absolute atomic E-state index is 12.8. The molecule has 0 aliphatic carbocycles. The highest BCUT2D eigenvalue weighted by molar-refractivity contribution is 14.1. The second-order valence-electron chi connectivity index (χ2n) is 4.40. The van der Waals surface area contributed by atoms with E-state index < -0.39 is 17.9 Å². The number of carbonyl (C=O) groups is 2. The summed E-state index contributed by atoms with van der Waals surface area (Å²) in [5.74, 6) is -1.34. The van der Waals surface area contributed by atoms with Crippen molar-refractivity contribution in [3.8, 4) is 0 Å². The molecule has 2 aromatic rings. The molecule has 0 saturated carbocycles. The average molecular weight is 398 g/mol. The van der Waals surface area contributed by atoms with Crippen molar-refractivity contribution < 1.29 is 18.7 Å². The number of ether oxygens (including phenoxy) is 1. The number of hydrogen-bond acceptors (Lipinski definition) is 3. The highest BCUT2D eigenvalue weighted by Gasteiger charge is 2.21. The van der Waals surface area contributed by atoms with Gasteiger partial charge in [0.15, 0.2) is 6.10 Å². The van der Waals surface area contributed by atoms with Gasteiger partial charge in [0.1, 0.15) is 5.82 Å². The molecule has 0 spiro atoms. The van der Waals surface area contributed by atoms with Crippen molar-refractivity contribution in [3.05, 3.63) is 69.0 Å². The normalized spacial score (nSPS) is 11.8. The molecule has 2 aromatic carbocycles. The molecular formula is C16H12FIO3. The highest BCUT2D eigenvalue weighted by Crippen LogP contribution is 2.15. The van der Waals surface area contributed by atoms with E-state index in [1.807, 2.05) is 28.7 Å². The van der Waals surface area contributed by atoms with Crippen LogP contribution in [0.25, 0.3) is 0 Å². The Hall–Kier alpha value is -1.76. The first-order chi connectivity index (χ1) is 9.99. The molecule has 0 N–H and O–H groups in total. The third-order valence-electron chi connectivity index (χ3n) is 2.88. The number of rotatable bonds is 4. The van der Waals surface area contributed by atoms with Crippen LogP contribution in [0.1, 0.15) is 27.6 Å². The van der Waals surface area contributed by atoms with Crippen LogP contribution in [0.3, 0.4) is 0 Å². The van der Waals surface area contributed by atoms with Gasteiger partial charge in [-0.2, -0.15) is 0 Å². The van der Waals surface area contributed by atoms with E-state index in [0.29, 0.717) is 11.1 Å². The molecular weight excluding hydrogens is 386 g/mol. The Kier molecular flexibility index (Phi) is 5.06. The van der Waals surface area contributed by atoms with Crippen LogP contribution in [-0.4, -0.2) is 17.9 Å². The van der Waals surface area contributed by atoms with E-state index in [9.17, 15) is 14.0 Å². The minimum Gasteiger partial charge on any atom is -0.451 e. The lowest BCUT2D eigenvalue weighted by Crippen LogP contribution is -2.24. The zero-order valence-electron chi connectivity index (χ0n) is 11.2. The van der Waals surface area contributed by atoms with Crippen LogP contribution < -0.4 is 0 Å². The molecule has 0 amide bonds. The topological polar surface area (TPSA) is 43.4 Å². The van der Waals surface area contributed by atoms with Gasteiger partial charge in [-0.15, -0.1) is 0 Å². The predicted molar refractivity (Wildman–Crippen MR) is 84.8 cm³/mol. The van der Waals surface area contributed by atoms with Crippen molar-refractivity contribution >= 4 is 34.3 Å². The van der Waals surface area contributed by atoms with E-state index in [2.05, 4.69) is 0 Å². The number of esters is 1. The Morgan fingerprint density at radius 2 is 1.71 bits per heavy atom. The first-order valence-corrected chi connectivity index (χ1v) is 7.32. The number of hydrogen-bond donors (Lipinski definition) is 0. The van der Waals surface area contributed by atoms with Gasteiger partial charge in [-0.25, -0.2) is 9.18 Å². The molecule has 0 unspecified atom stereocenters. The number of Topliss-reactive ketones (excluding diaryl/α,β-unsaturated/α-hetero) is 1. The van der Waals surface area contributed by atoms with Crippen molar-refractivity contribution in [2.24, 2.45) is 0 Å². The second kappa shape index (κ2) is 6.80. The van der Waals surface area contributed by atoms with Crippen LogP contribution in [0.5, 0.6) is 0 Å². The molecule has 1 atom stereocenters. The summed E-state index contributed by atoms with van der Waals surface area (Å²) < 4.78 is 18.8. The summed E-state index contributed by atoms with van der Waals surface area (Å²) in [6.07, 6.45) is -0.932. The Bertz CT molecular complexity index is 667. The summed E-state index contributed by atoms with van der Waals surface area (Å²) >= 11 is 2.03. The molecule has 0 heterocycles. The Labute approximate surface area is 135 Å². The van der Waals surface area contributed by atoms with Crippen LogP contribution in [0.4, 0.5) is 4.39 Å². The molecule has 21 heavy (non-hydrogen) atoms. The van der Waals surface area contributed by atoms with E-state index in [0.717, 1.165) is 3.57 Å². The molecule has 108 valence electrons. The van der Waals surface area contributed by atoms with Crippen molar-refractivity contribution in [1.29, 1.82) is 0 Å². The molecule has 0 bridgehead atoms. The summed E-state index contributed by atoms with van der Waals surface area (Å²) in [5, 5.41) is 0. The SMILES string of the molecule is C[C@@H](OC(=O)c1ccccc1I)C(=O)c1ccc(F)cc1. The monoisotopic (exact) mass is 398 g/mol. The molecule has 0 aromatic heterocycles. The van der Waals surface area contributed by atoms with Gasteiger partial charge in [-0.1, -0.05) is 12.1 Å². The maximum atomic E-state index is 12.8. The van der Waals surface area contributed by atoms with Crippen molar-refractivity contribution in [3.63, 3.8) is 0 Å². The smallest absolute Gasteiger partial charge is 0.339 e. The number of benzene rings is 2. The lowest BCUT2D eigenvalue weighted by Gasteiger charge is -2.13. The van der Waals surface area contributed by atoms with Gasteiger partial charge in [-0.05, 0) is 65.9 Å². The molecule has 0 aliphatic heterocycles. The van der Waals surface area contributed by atoms with Crippen LogP contribution in [0.2, 0.25) is 0 Å². The third kappa shape index (κ3) is 3.87. The first-order valence-electron chi connectivity index (χ1n) is 6.24. The van der Waals surface area contributed by atoms with Crippen LogP contribution in [0, 0.1) is 9.39 Å². The zero-order valence-corrected chi connectivity index (χ0v) is 13.3. The predicted octanol–water partition coefficient (Wildman–Crippen LogP) is 3.86. The molecule has 0 saturated heterocycles. The first kappa shape index (κ1) is 15.6. The van der Waals surface area contributed by atoms with E-state index >= 15 is 0 Å². The van der Waals surface area contributed by atoms with Crippen molar-refractivity contribution in [1.82, 2.24) is 0 Å². The van der Waals surface area contributed by atoms with Gasteiger partial charge in [0, 0.05) is 9.13 Å². The van der Waals surface area contributed by atoms with Crippen LogP contribution in [-0.2, 0) is 4.74 Å². The summed E-state index contributed by atoms with van der Waals surface area (Å²) in [4.78, 5) is 24.1. The van der Waals surface area contributed by atoms with Gasteiger partial charge < -0.3 is 4.74 Å². The van der Waals surface area contributed by atoms with Gasteiger partial charge in [0.25, 0.3) is 0 Å². The molecule has 0 aliphatic rings. The van der Waals surface area contributed by atoms with Gasteiger partial charge in [0.2, 0.25) is 5.78 Å². The lowest BCUT2D eigenvalue weighted by molar-refractivity contribution is 0.0317. The average Bonchev–Trinajstić information content (AvgIpc) is 2.47. The van der Waals surface area contributed by atoms with Crippen molar-refractivity contribution in [2.75, 3.05) is 0 Å². The second-order valence-corrected chi connectivity index (χ2v) is 5.56. The minimum absolute atomic E-state index is 0.305. The fraction of sp³-hybridized carbons (Fsp3) is 0.125. The standard InChI is InChI=1S/C16H12FIO3/c1-10(15(19)11-6-8-12(17)9-7-11)21-16(20)13-4-2-3-5-14(13)18/h2-10H,1H3/t10-/m1/s1. The van der Waals surface area contributed by atoms with Gasteiger partial charge in [0.05, 0.1) is 5.56 Å². The Balaban J connectivity index is 2.09. The van der Waals surface area contributed by atoms with E-state index in [1.54, 1.807) is 18.2 Å². The molecule has 5 heteroatoms. The van der Waals surface area contributed by atoms with E-state index in [-0.39, 0.29) is 5.78 Å². The minimum atomic E-state index is -0.932.